The van der Waals surface area contributed by atoms with Gasteiger partial charge in [-0.05, 0) is 49.1 Å². The molecule has 27 heavy (non-hydrogen) atoms. The topological polar surface area (TPSA) is 31.6 Å². The number of methoxy groups -OCH3 is 1. The zero-order valence-corrected chi connectivity index (χ0v) is 17.2. The van der Waals surface area contributed by atoms with Crippen LogP contribution in [-0.4, -0.2) is 20.3 Å². The number of rotatable bonds is 7. The minimum absolute atomic E-state index is 0.465. The standard InChI is InChI=1S/C13H16O.C11H16O2/c1-4-10-6-5-7-11-8-12(9(2)3)14-13(10)11;1-3-13-11-6-4-10(5-7-11)8-9-12-2/h5-9H,4H2,1-3H3;4-7H,3,8-9H2,1-2H3. The maximum absolute atomic E-state index is 5.85. The SMILES string of the molecule is CCOc1ccc(CCOC)cc1.CCc1cccc2cc(C(C)C)oc12. The molecule has 0 atom stereocenters. The van der Waals surface area contributed by atoms with Gasteiger partial charge in [0.25, 0.3) is 0 Å². The van der Waals surface area contributed by atoms with E-state index in [1.165, 1.54) is 16.5 Å². The molecule has 0 aliphatic carbocycles. The Morgan fingerprint density at radius 1 is 1.00 bits per heavy atom. The van der Waals surface area contributed by atoms with Crippen molar-refractivity contribution in [1.29, 1.82) is 0 Å². The molecule has 0 amide bonds. The first kappa shape index (κ1) is 21.0. The van der Waals surface area contributed by atoms with Crippen LogP contribution >= 0.6 is 0 Å². The van der Waals surface area contributed by atoms with Crippen LogP contribution in [0.25, 0.3) is 11.0 Å². The summed E-state index contributed by atoms with van der Waals surface area (Å²) in [5.74, 6) is 2.48. The second kappa shape index (κ2) is 10.8. The molecule has 2 aromatic carbocycles. The van der Waals surface area contributed by atoms with Gasteiger partial charge in [0.05, 0.1) is 13.2 Å². The van der Waals surface area contributed by atoms with Gasteiger partial charge in [-0.25, -0.2) is 0 Å². The fourth-order valence-corrected chi connectivity index (χ4v) is 2.85. The number of benzene rings is 2. The van der Waals surface area contributed by atoms with Crippen LogP contribution in [0.3, 0.4) is 0 Å². The van der Waals surface area contributed by atoms with Gasteiger partial charge in [0.2, 0.25) is 0 Å². The van der Waals surface area contributed by atoms with Crippen molar-refractivity contribution in [1.82, 2.24) is 0 Å². The lowest BCUT2D eigenvalue weighted by Gasteiger charge is -2.04. The zero-order chi connectivity index (χ0) is 19.6. The minimum atomic E-state index is 0.465. The molecule has 0 spiro atoms. The Balaban J connectivity index is 0.000000194. The van der Waals surface area contributed by atoms with Gasteiger partial charge in [0, 0.05) is 18.4 Å². The molecule has 3 rings (SSSR count). The first-order valence-electron chi connectivity index (χ1n) is 9.81. The predicted molar refractivity (Wildman–Crippen MR) is 113 cm³/mol. The summed E-state index contributed by atoms with van der Waals surface area (Å²) in [7, 11) is 1.72. The van der Waals surface area contributed by atoms with Crippen LogP contribution in [0.4, 0.5) is 0 Å². The number of hydrogen-bond acceptors (Lipinski definition) is 3. The van der Waals surface area contributed by atoms with Crippen molar-refractivity contribution >= 4 is 11.0 Å². The van der Waals surface area contributed by atoms with E-state index < -0.39 is 0 Å². The van der Waals surface area contributed by atoms with Crippen molar-refractivity contribution in [3.63, 3.8) is 0 Å². The number of hydrogen-bond donors (Lipinski definition) is 0. The maximum atomic E-state index is 5.85. The Bertz CT molecular complexity index is 800. The van der Waals surface area contributed by atoms with Crippen molar-refractivity contribution in [2.75, 3.05) is 20.3 Å². The van der Waals surface area contributed by atoms with E-state index in [1.54, 1.807) is 7.11 Å². The Morgan fingerprint density at radius 3 is 2.33 bits per heavy atom. The third-order valence-corrected chi connectivity index (χ3v) is 4.42. The lowest BCUT2D eigenvalue weighted by molar-refractivity contribution is 0.202. The van der Waals surface area contributed by atoms with Crippen molar-refractivity contribution in [2.24, 2.45) is 0 Å². The van der Waals surface area contributed by atoms with Crippen LogP contribution in [0.2, 0.25) is 0 Å². The van der Waals surface area contributed by atoms with Crippen LogP contribution in [0.15, 0.2) is 52.9 Å². The molecule has 3 nitrogen and oxygen atoms in total. The van der Waals surface area contributed by atoms with Gasteiger partial charge in [-0.1, -0.05) is 51.1 Å². The third kappa shape index (κ3) is 6.14. The molecule has 0 saturated carbocycles. The van der Waals surface area contributed by atoms with Crippen molar-refractivity contribution in [2.45, 2.75) is 46.5 Å². The van der Waals surface area contributed by atoms with Crippen molar-refractivity contribution in [3.8, 4) is 5.75 Å². The molecule has 0 radical (unpaired) electrons. The second-order valence-electron chi connectivity index (χ2n) is 6.81. The number of furan rings is 1. The normalized spacial score (nSPS) is 10.7. The molecule has 0 bridgehead atoms. The van der Waals surface area contributed by atoms with E-state index in [2.05, 4.69) is 57.2 Å². The van der Waals surface area contributed by atoms with E-state index in [0.717, 1.165) is 43.1 Å². The van der Waals surface area contributed by atoms with E-state index >= 15 is 0 Å². The Morgan fingerprint density at radius 2 is 1.74 bits per heavy atom. The summed E-state index contributed by atoms with van der Waals surface area (Å²) < 4.78 is 16.2. The van der Waals surface area contributed by atoms with Crippen LogP contribution in [0.5, 0.6) is 5.75 Å². The lowest BCUT2D eigenvalue weighted by atomic mass is 10.1. The Labute approximate surface area is 163 Å². The van der Waals surface area contributed by atoms with Gasteiger partial charge in [-0.15, -0.1) is 0 Å². The van der Waals surface area contributed by atoms with Crippen molar-refractivity contribution < 1.29 is 13.9 Å². The minimum Gasteiger partial charge on any atom is -0.494 e. The Kier molecular flexibility index (Phi) is 8.41. The zero-order valence-electron chi connectivity index (χ0n) is 17.2. The molecule has 0 aliphatic heterocycles. The van der Waals surface area contributed by atoms with Gasteiger partial charge >= 0.3 is 0 Å². The van der Waals surface area contributed by atoms with Gasteiger partial charge in [-0.2, -0.15) is 0 Å². The van der Waals surface area contributed by atoms with Crippen molar-refractivity contribution in [3.05, 3.63) is 65.4 Å². The summed E-state index contributed by atoms with van der Waals surface area (Å²) in [6, 6.07) is 16.6. The predicted octanol–water partition coefficient (Wildman–Crippen LogP) is 6.39. The van der Waals surface area contributed by atoms with E-state index in [4.69, 9.17) is 13.9 Å². The van der Waals surface area contributed by atoms with E-state index in [9.17, 15) is 0 Å². The highest BCUT2D eigenvalue weighted by atomic mass is 16.5. The highest BCUT2D eigenvalue weighted by Gasteiger charge is 2.09. The van der Waals surface area contributed by atoms with Crippen LogP contribution in [0.1, 0.15) is 50.5 Å². The molecule has 3 aromatic rings. The molecule has 0 unspecified atom stereocenters. The van der Waals surface area contributed by atoms with E-state index in [-0.39, 0.29) is 0 Å². The third-order valence-electron chi connectivity index (χ3n) is 4.42. The van der Waals surface area contributed by atoms with Gasteiger partial charge in [0.15, 0.2) is 0 Å². The highest BCUT2D eigenvalue weighted by Crippen LogP contribution is 2.27. The Hall–Kier alpha value is -2.26. The summed E-state index contributed by atoms with van der Waals surface area (Å²) in [6.07, 6.45) is 1.99. The summed E-state index contributed by atoms with van der Waals surface area (Å²) >= 11 is 0. The maximum Gasteiger partial charge on any atom is 0.137 e. The number of para-hydroxylation sites is 1. The molecule has 0 saturated heterocycles. The van der Waals surface area contributed by atoms with Gasteiger partial charge < -0.3 is 13.9 Å². The quantitative estimate of drug-likeness (QED) is 0.484. The smallest absolute Gasteiger partial charge is 0.137 e. The molecule has 0 N–H and O–H groups in total. The second-order valence-corrected chi connectivity index (χ2v) is 6.81. The van der Waals surface area contributed by atoms with E-state index in [1.807, 2.05) is 19.1 Å². The van der Waals surface area contributed by atoms with Gasteiger partial charge in [-0.3, -0.25) is 0 Å². The molecular formula is C24H32O3. The van der Waals surface area contributed by atoms with Crippen LogP contribution in [0, 0.1) is 0 Å². The molecular weight excluding hydrogens is 336 g/mol. The number of fused-ring (bicyclic) bond motifs is 1. The monoisotopic (exact) mass is 368 g/mol. The fraction of sp³-hybridized carbons (Fsp3) is 0.417. The fourth-order valence-electron chi connectivity index (χ4n) is 2.85. The number of ether oxygens (including phenoxy) is 2. The molecule has 1 heterocycles. The molecule has 146 valence electrons. The van der Waals surface area contributed by atoms with Crippen LogP contribution < -0.4 is 4.74 Å². The van der Waals surface area contributed by atoms with Crippen LogP contribution in [-0.2, 0) is 17.6 Å². The molecule has 0 fully saturated rings. The highest BCUT2D eigenvalue weighted by molar-refractivity contribution is 5.81. The summed E-state index contributed by atoms with van der Waals surface area (Å²) in [5.41, 5.74) is 3.65. The van der Waals surface area contributed by atoms with Gasteiger partial charge in [0.1, 0.15) is 17.1 Å². The molecule has 3 heteroatoms. The average Bonchev–Trinajstić information content (AvgIpc) is 3.13. The first-order valence-corrected chi connectivity index (χ1v) is 9.81. The first-order chi connectivity index (χ1) is 13.1. The summed E-state index contributed by atoms with van der Waals surface area (Å²) in [4.78, 5) is 0. The summed E-state index contributed by atoms with van der Waals surface area (Å²) in [6.45, 7) is 9.95. The lowest BCUT2D eigenvalue weighted by Crippen LogP contribution is -1.95. The average molecular weight is 369 g/mol. The van der Waals surface area contributed by atoms with E-state index in [0.29, 0.717) is 5.92 Å². The molecule has 0 aliphatic rings. The summed E-state index contributed by atoms with van der Waals surface area (Å²) in [5, 5.41) is 1.23. The largest absolute Gasteiger partial charge is 0.494 e. The number of aryl methyl sites for hydroxylation is 1. The molecule has 1 aromatic heterocycles.